The van der Waals surface area contributed by atoms with Crippen LogP contribution in [0.2, 0.25) is 0 Å². The highest BCUT2D eigenvalue weighted by atomic mass is 16.1. The molecule has 8 unspecified atom stereocenters. The van der Waals surface area contributed by atoms with Gasteiger partial charge < -0.3 is 0 Å². The quantitative estimate of drug-likeness (QED) is 0.0770. The monoisotopic (exact) mass is 583 g/mol. The Bertz CT molecular complexity index is 654. The topological polar surface area (TPSA) is 17.1 Å². The number of unbranched alkanes of at least 4 members (excludes halogenated alkanes) is 14. The summed E-state index contributed by atoms with van der Waals surface area (Å²) in [7, 11) is 0. The van der Waals surface area contributed by atoms with Gasteiger partial charge in [0.05, 0.1) is 0 Å². The fraction of sp³-hybridized carbons (Fsp3) is 0.976. The number of carbonyl (C=O) groups excluding carboxylic acids is 1. The van der Waals surface area contributed by atoms with E-state index in [1.54, 1.807) is 38.5 Å². The summed E-state index contributed by atoms with van der Waals surface area (Å²) in [4.78, 5) is 12.3. The van der Waals surface area contributed by atoms with E-state index in [1.807, 2.05) is 0 Å². The largest absolute Gasteiger partial charge is 0.300 e. The Morgan fingerprint density at radius 2 is 0.667 bits per heavy atom. The smallest absolute Gasteiger partial charge is 0.132 e. The molecule has 42 heavy (non-hydrogen) atoms. The van der Waals surface area contributed by atoms with Gasteiger partial charge >= 0.3 is 0 Å². The summed E-state index contributed by atoms with van der Waals surface area (Å²) in [5.41, 5.74) is 0. The van der Waals surface area contributed by atoms with Crippen molar-refractivity contribution in [2.75, 3.05) is 0 Å². The van der Waals surface area contributed by atoms with Gasteiger partial charge in [-0.25, -0.2) is 0 Å². The maximum Gasteiger partial charge on any atom is 0.132 e. The molecule has 8 atom stereocenters. The highest BCUT2D eigenvalue weighted by Crippen LogP contribution is 2.55. The third-order valence-corrected chi connectivity index (χ3v) is 12.4. The highest BCUT2D eigenvalue weighted by molar-refractivity contribution is 5.78. The molecule has 1 nitrogen and oxygen atoms in total. The van der Waals surface area contributed by atoms with Gasteiger partial charge in [-0.3, -0.25) is 4.79 Å². The van der Waals surface area contributed by atoms with Gasteiger partial charge in [-0.05, 0) is 98.7 Å². The molecule has 4 aliphatic carbocycles. The molecule has 0 aliphatic heterocycles. The van der Waals surface area contributed by atoms with Crippen LogP contribution in [0, 0.1) is 47.3 Å². The van der Waals surface area contributed by atoms with Gasteiger partial charge in [0.25, 0.3) is 0 Å². The van der Waals surface area contributed by atoms with Crippen molar-refractivity contribution in [2.45, 2.75) is 206 Å². The molecule has 0 aromatic heterocycles. The van der Waals surface area contributed by atoms with E-state index in [0.29, 0.717) is 5.78 Å². The second-order valence-electron chi connectivity index (χ2n) is 16.3. The molecule has 244 valence electrons. The maximum atomic E-state index is 12.3. The summed E-state index contributed by atoms with van der Waals surface area (Å²) in [5, 5.41) is 0. The van der Waals surface area contributed by atoms with Crippen LogP contribution >= 0.6 is 0 Å². The van der Waals surface area contributed by atoms with Crippen molar-refractivity contribution in [1.29, 1.82) is 0 Å². The zero-order valence-corrected chi connectivity index (χ0v) is 28.7. The Kier molecular flexibility index (Phi) is 16.4. The number of hydrogen-bond acceptors (Lipinski definition) is 1. The molecule has 1 heteroatoms. The summed E-state index contributed by atoms with van der Waals surface area (Å²) in [6.07, 6.45) is 42.0. The predicted octanol–water partition coefficient (Wildman–Crippen LogP) is 13.3. The second kappa shape index (κ2) is 19.9. The molecular formula is C41H74O. The molecule has 0 spiro atoms. The van der Waals surface area contributed by atoms with Crippen LogP contribution in [-0.2, 0) is 4.79 Å². The first-order valence-corrected chi connectivity index (χ1v) is 20.2. The number of hydrogen-bond donors (Lipinski definition) is 0. The van der Waals surface area contributed by atoms with Crippen LogP contribution in [0.4, 0.5) is 0 Å². The molecular weight excluding hydrogens is 508 g/mol. The molecule has 0 saturated heterocycles. The summed E-state index contributed by atoms with van der Waals surface area (Å²) < 4.78 is 0. The molecule has 0 bridgehead atoms. The molecule has 0 radical (unpaired) electrons. The van der Waals surface area contributed by atoms with Crippen LogP contribution in [-0.4, -0.2) is 5.78 Å². The van der Waals surface area contributed by atoms with Crippen molar-refractivity contribution in [2.24, 2.45) is 47.3 Å². The number of Topliss-reactive ketones (excluding diaryl/α,β-unsaturated/α-hetero) is 1. The molecule has 4 rings (SSSR count). The first kappa shape index (κ1) is 34.5. The van der Waals surface area contributed by atoms with Crippen molar-refractivity contribution >= 4 is 5.78 Å². The number of carbonyl (C=O) groups is 1. The molecule has 0 heterocycles. The second-order valence-corrected chi connectivity index (χ2v) is 16.3. The number of rotatable bonds is 30. The summed E-state index contributed by atoms with van der Waals surface area (Å²) in [6.45, 7) is 4.65. The van der Waals surface area contributed by atoms with E-state index in [4.69, 9.17) is 0 Å². The molecule has 0 N–H and O–H groups in total. The minimum atomic E-state index is 0.543. The summed E-state index contributed by atoms with van der Waals surface area (Å²) in [6, 6.07) is 0. The SMILES string of the molecule is CCCCCC1CC1CC1CC1CCCCCCCCC(=O)CCCCCCCCC1CC1CC1CC1CCCCC. The van der Waals surface area contributed by atoms with Gasteiger partial charge in [0.1, 0.15) is 5.78 Å². The molecule has 0 amide bonds. The van der Waals surface area contributed by atoms with E-state index in [9.17, 15) is 4.79 Å². The zero-order chi connectivity index (χ0) is 29.4. The van der Waals surface area contributed by atoms with Crippen molar-refractivity contribution in [3.8, 4) is 0 Å². The Balaban J connectivity index is 0.818. The third-order valence-electron chi connectivity index (χ3n) is 12.4. The standard InChI is InChI=1S/C41H74O/c1-3-5-15-21-33-27-37(33)31-39-29-35(39)23-17-11-7-9-13-19-25-41(42)26-20-14-10-8-12-18-24-36-30-40(36)32-38-28-34(38)22-16-6-4-2/h33-40H,3-32H2,1-2H3. The first-order chi connectivity index (χ1) is 20.7. The highest BCUT2D eigenvalue weighted by Gasteiger charge is 2.45. The van der Waals surface area contributed by atoms with E-state index in [1.165, 1.54) is 128 Å². The van der Waals surface area contributed by atoms with E-state index in [-0.39, 0.29) is 0 Å². The summed E-state index contributed by atoms with van der Waals surface area (Å²) in [5.74, 6) is 9.45. The predicted molar refractivity (Wildman–Crippen MR) is 183 cm³/mol. The Labute approximate surface area is 263 Å². The van der Waals surface area contributed by atoms with Gasteiger partial charge in [-0.1, -0.05) is 142 Å². The normalized spacial score (nSPS) is 30.9. The van der Waals surface area contributed by atoms with Crippen molar-refractivity contribution in [1.82, 2.24) is 0 Å². The van der Waals surface area contributed by atoms with Crippen LogP contribution in [0.15, 0.2) is 0 Å². The lowest BCUT2D eigenvalue weighted by Gasteiger charge is -2.04. The van der Waals surface area contributed by atoms with Crippen molar-refractivity contribution in [3.63, 3.8) is 0 Å². The van der Waals surface area contributed by atoms with Gasteiger partial charge in [-0.2, -0.15) is 0 Å². The lowest BCUT2D eigenvalue weighted by atomic mass is 10.0. The van der Waals surface area contributed by atoms with Gasteiger partial charge in [0, 0.05) is 12.8 Å². The van der Waals surface area contributed by atoms with Crippen LogP contribution in [0.3, 0.4) is 0 Å². The van der Waals surface area contributed by atoms with Gasteiger partial charge in [0.2, 0.25) is 0 Å². The Morgan fingerprint density at radius 1 is 0.381 bits per heavy atom. The zero-order valence-electron chi connectivity index (χ0n) is 28.7. The van der Waals surface area contributed by atoms with Crippen LogP contribution in [0.25, 0.3) is 0 Å². The fourth-order valence-corrected chi connectivity index (χ4v) is 8.90. The lowest BCUT2D eigenvalue weighted by molar-refractivity contribution is -0.119. The van der Waals surface area contributed by atoms with Gasteiger partial charge in [-0.15, -0.1) is 0 Å². The number of ketones is 1. The van der Waals surface area contributed by atoms with Crippen LogP contribution in [0.5, 0.6) is 0 Å². The first-order valence-electron chi connectivity index (χ1n) is 20.2. The van der Waals surface area contributed by atoms with Gasteiger partial charge in [0.15, 0.2) is 0 Å². The minimum Gasteiger partial charge on any atom is -0.300 e. The molecule has 4 aliphatic rings. The fourth-order valence-electron chi connectivity index (χ4n) is 8.90. The third kappa shape index (κ3) is 14.6. The average molecular weight is 583 g/mol. The molecule has 0 aromatic carbocycles. The minimum absolute atomic E-state index is 0.543. The average Bonchev–Trinajstić information content (AvgIpc) is 3.81. The maximum absolute atomic E-state index is 12.3. The Hall–Kier alpha value is -0.330. The van der Waals surface area contributed by atoms with Crippen LogP contribution < -0.4 is 0 Å². The van der Waals surface area contributed by atoms with E-state index < -0.39 is 0 Å². The summed E-state index contributed by atoms with van der Waals surface area (Å²) >= 11 is 0. The molecule has 4 fully saturated rings. The van der Waals surface area contributed by atoms with Crippen molar-refractivity contribution < 1.29 is 4.79 Å². The van der Waals surface area contributed by atoms with Crippen molar-refractivity contribution in [3.05, 3.63) is 0 Å². The Morgan fingerprint density at radius 3 is 1.00 bits per heavy atom. The molecule has 0 aromatic rings. The van der Waals surface area contributed by atoms with E-state index in [2.05, 4.69) is 13.8 Å². The van der Waals surface area contributed by atoms with Crippen LogP contribution in [0.1, 0.15) is 206 Å². The lowest BCUT2D eigenvalue weighted by Crippen LogP contribution is -1.97. The van der Waals surface area contributed by atoms with E-state index in [0.717, 1.165) is 73.0 Å². The molecule has 4 saturated carbocycles. The van der Waals surface area contributed by atoms with E-state index >= 15 is 0 Å².